The lowest BCUT2D eigenvalue weighted by atomic mass is 10.2. The maximum atomic E-state index is 13.3. The monoisotopic (exact) mass is 240 g/mol. The summed E-state index contributed by atoms with van der Waals surface area (Å²) in [4.78, 5) is 11.4. The molecule has 0 unspecified atom stereocenters. The number of hydrogen-bond donors (Lipinski definition) is 2. The number of carbonyl (C=O) groups excluding carboxylic acids is 1. The third kappa shape index (κ3) is 4.82. The molecule has 0 aliphatic rings. The standard InChI is InChI=1S/C12H17FN2O2/c1-2-6-17-7-5-12(16)15-11-8-9(14)3-4-10(11)13/h3-4,8H,2,5-7,14H2,1H3,(H,15,16). The predicted octanol–water partition coefficient (Wildman–Crippen LogP) is 2.16. The summed E-state index contributed by atoms with van der Waals surface area (Å²) in [6.07, 6.45) is 1.11. The molecule has 1 rings (SSSR count). The highest BCUT2D eigenvalue weighted by Crippen LogP contribution is 2.17. The molecule has 4 nitrogen and oxygen atoms in total. The van der Waals surface area contributed by atoms with Crippen LogP contribution in [0.4, 0.5) is 15.8 Å². The smallest absolute Gasteiger partial charge is 0.226 e. The second kappa shape index (κ2) is 6.85. The van der Waals surface area contributed by atoms with E-state index >= 15 is 0 Å². The first-order valence-corrected chi connectivity index (χ1v) is 5.56. The van der Waals surface area contributed by atoms with Gasteiger partial charge in [0.25, 0.3) is 0 Å². The van der Waals surface area contributed by atoms with E-state index in [0.29, 0.717) is 18.9 Å². The number of benzene rings is 1. The van der Waals surface area contributed by atoms with Crippen LogP contribution in [-0.4, -0.2) is 19.1 Å². The van der Waals surface area contributed by atoms with Crippen LogP contribution in [-0.2, 0) is 9.53 Å². The Labute approximate surface area is 100.0 Å². The van der Waals surface area contributed by atoms with Gasteiger partial charge < -0.3 is 15.8 Å². The second-order valence-electron chi connectivity index (χ2n) is 3.65. The molecule has 0 aliphatic heterocycles. The lowest BCUT2D eigenvalue weighted by Crippen LogP contribution is -2.15. The van der Waals surface area contributed by atoms with E-state index in [0.717, 1.165) is 6.42 Å². The molecule has 0 atom stereocenters. The summed E-state index contributed by atoms with van der Waals surface area (Å²) in [6, 6.07) is 4.05. The van der Waals surface area contributed by atoms with Gasteiger partial charge in [-0.25, -0.2) is 4.39 Å². The minimum Gasteiger partial charge on any atom is -0.399 e. The van der Waals surface area contributed by atoms with Gasteiger partial charge in [0.2, 0.25) is 5.91 Å². The zero-order valence-corrected chi connectivity index (χ0v) is 9.83. The van der Waals surface area contributed by atoms with Crippen LogP contribution in [0.1, 0.15) is 19.8 Å². The molecule has 0 fully saturated rings. The van der Waals surface area contributed by atoms with Gasteiger partial charge in [-0.05, 0) is 24.6 Å². The van der Waals surface area contributed by atoms with Gasteiger partial charge >= 0.3 is 0 Å². The van der Waals surface area contributed by atoms with Gasteiger partial charge in [-0.15, -0.1) is 0 Å². The molecule has 17 heavy (non-hydrogen) atoms. The van der Waals surface area contributed by atoms with E-state index in [1.807, 2.05) is 6.92 Å². The molecule has 1 aromatic rings. The Kier molecular flexibility index (Phi) is 5.42. The summed E-state index contributed by atoms with van der Waals surface area (Å²) in [7, 11) is 0. The minimum atomic E-state index is -0.498. The second-order valence-corrected chi connectivity index (χ2v) is 3.65. The molecule has 0 aliphatic carbocycles. The number of nitrogens with two attached hydrogens (primary N) is 1. The summed E-state index contributed by atoms with van der Waals surface area (Å²) < 4.78 is 18.4. The van der Waals surface area contributed by atoms with Crippen molar-refractivity contribution in [2.75, 3.05) is 24.3 Å². The number of amides is 1. The van der Waals surface area contributed by atoms with Crippen LogP contribution < -0.4 is 11.1 Å². The van der Waals surface area contributed by atoms with Crippen molar-refractivity contribution in [1.29, 1.82) is 0 Å². The van der Waals surface area contributed by atoms with Crippen LogP contribution >= 0.6 is 0 Å². The fourth-order valence-corrected chi connectivity index (χ4v) is 1.26. The SMILES string of the molecule is CCCOCCC(=O)Nc1cc(N)ccc1F. The molecule has 0 spiro atoms. The zero-order valence-electron chi connectivity index (χ0n) is 9.83. The van der Waals surface area contributed by atoms with Gasteiger partial charge in [0, 0.05) is 12.3 Å². The summed E-state index contributed by atoms with van der Waals surface area (Å²) >= 11 is 0. The van der Waals surface area contributed by atoms with Crippen LogP contribution in [0.5, 0.6) is 0 Å². The first-order chi connectivity index (χ1) is 8.13. The minimum absolute atomic E-state index is 0.102. The van der Waals surface area contributed by atoms with Crippen molar-refractivity contribution in [2.45, 2.75) is 19.8 Å². The van der Waals surface area contributed by atoms with Crippen molar-refractivity contribution >= 4 is 17.3 Å². The summed E-state index contributed by atoms with van der Waals surface area (Å²) in [5, 5.41) is 2.45. The lowest BCUT2D eigenvalue weighted by Gasteiger charge is -2.07. The molecule has 1 aromatic carbocycles. The molecule has 94 valence electrons. The summed E-state index contributed by atoms with van der Waals surface area (Å²) in [6.45, 7) is 2.95. The number of anilines is 2. The molecular formula is C12H17FN2O2. The highest BCUT2D eigenvalue weighted by molar-refractivity contribution is 5.91. The fraction of sp³-hybridized carbons (Fsp3) is 0.417. The van der Waals surface area contributed by atoms with Gasteiger partial charge in [0.15, 0.2) is 0 Å². The Morgan fingerprint density at radius 2 is 2.24 bits per heavy atom. The molecular weight excluding hydrogens is 223 g/mol. The molecule has 0 radical (unpaired) electrons. The van der Waals surface area contributed by atoms with Crippen molar-refractivity contribution in [2.24, 2.45) is 0 Å². The molecule has 0 aromatic heterocycles. The fourth-order valence-electron chi connectivity index (χ4n) is 1.26. The van der Waals surface area contributed by atoms with Gasteiger partial charge in [-0.2, -0.15) is 0 Å². The Hall–Kier alpha value is -1.62. The van der Waals surface area contributed by atoms with E-state index in [4.69, 9.17) is 10.5 Å². The van der Waals surface area contributed by atoms with E-state index in [-0.39, 0.29) is 18.0 Å². The highest BCUT2D eigenvalue weighted by atomic mass is 19.1. The maximum absolute atomic E-state index is 13.3. The van der Waals surface area contributed by atoms with Crippen LogP contribution in [0.3, 0.4) is 0 Å². The summed E-state index contributed by atoms with van der Waals surface area (Å²) in [5.74, 6) is -0.785. The molecule has 1 amide bonds. The molecule has 0 bridgehead atoms. The third-order valence-electron chi connectivity index (χ3n) is 2.09. The van der Waals surface area contributed by atoms with Gasteiger partial charge in [-0.1, -0.05) is 6.92 Å². The molecule has 0 saturated heterocycles. The van der Waals surface area contributed by atoms with Crippen molar-refractivity contribution in [3.8, 4) is 0 Å². The quantitative estimate of drug-likeness (QED) is 0.591. The van der Waals surface area contributed by atoms with E-state index in [1.54, 1.807) is 0 Å². The number of halogens is 1. The van der Waals surface area contributed by atoms with E-state index in [2.05, 4.69) is 5.32 Å². The van der Waals surface area contributed by atoms with Crippen molar-refractivity contribution in [3.63, 3.8) is 0 Å². The largest absolute Gasteiger partial charge is 0.399 e. The van der Waals surface area contributed by atoms with Crippen molar-refractivity contribution < 1.29 is 13.9 Å². The lowest BCUT2D eigenvalue weighted by molar-refractivity contribution is -0.117. The number of nitrogen functional groups attached to an aromatic ring is 1. The number of hydrogen-bond acceptors (Lipinski definition) is 3. The zero-order chi connectivity index (χ0) is 12.7. The van der Waals surface area contributed by atoms with Crippen molar-refractivity contribution in [3.05, 3.63) is 24.0 Å². The topological polar surface area (TPSA) is 64.3 Å². The van der Waals surface area contributed by atoms with Gasteiger partial charge in [0.05, 0.1) is 18.7 Å². The van der Waals surface area contributed by atoms with Crippen molar-refractivity contribution in [1.82, 2.24) is 0 Å². The third-order valence-corrected chi connectivity index (χ3v) is 2.09. The van der Waals surface area contributed by atoms with Crippen LogP contribution in [0.2, 0.25) is 0 Å². The first-order valence-electron chi connectivity index (χ1n) is 5.56. The average Bonchev–Trinajstić information content (AvgIpc) is 2.29. The first kappa shape index (κ1) is 13.4. The van der Waals surface area contributed by atoms with Crippen LogP contribution in [0.25, 0.3) is 0 Å². The molecule has 0 saturated carbocycles. The van der Waals surface area contributed by atoms with Gasteiger partial charge in [-0.3, -0.25) is 4.79 Å². The Morgan fingerprint density at radius 3 is 2.94 bits per heavy atom. The maximum Gasteiger partial charge on any atom is 0.226 e. The van der Waals surface area contributed by atoms with Crippen LogP contribution in [0, 0.1) is 5.82 Å². The van der Waals surface area contributed by atoms with E-state index < -0.39 is 5.82 Å². The van der Waals surface area contributed by atoms with E-state index in [9.17, 15) is 9.18 Å². The molecule has 3 N–H and O–H groups in total. The summed E-state index contributed by atoms with van der Waals surface area (Å²) in [5.41, 5.74) is 6.01. The Bertz CT molecular complexity index is 383. The number of carbonyl (C=O) groups is 1. The number of rotatable bonds is 6. The predicted molar refractivity (Wildman–Crippen MR) is 65.2 cm³/mol. The van der Waals surface area contributed by atoms with Crippen LogP contribution in [0.15, 0.2) is 18.2 Å². The van der Waals surface area contributed by atoms with E-state index in [1.165, 1.54) is 18.2 Å². The highest BCUT2D eigenvalue weighted by Gasteiger charge is 2.07. The molecule has 5 heteroatoms. The number of ether oxygens (including phenoxy) is 1. The Balaban J connectivity index is 2.42. The average molecular weight is 240 g/mol. The van der Waals surface area contributed by atoms with Gasteiger partial charge in [0.1, 0.15) is 5.82 Å². The number of nitrogens with one attached hydrogen (secondary N) is 1. The normalized spacial score (nSPS) is 10.2. The molecule has 0 heterocycles. The Morgan fingerprint density at radius 1 is 1.47 bits per heavy atom.